The second kappa shape index (κ2) is 14.6. The average Bonchev–Trinajstić information content (AvgIpc) is 2.62. The van der Waals surface area contributed by atoms with Crippen LogP contribution in [0.4, 0.5) is 0 Å². The molecule has 1 aromatic rings. The lowest BCUT2D eigenvalue weighted by Crippen LogP contribution is -2.41. The van der Waals surface area contributed by atoms with Crippen LogP contribution >= 0.6 is 24.0 Å². The Kier molecular flexibility index (Phi) is 13.8. The van der Waals surface area contributed by atoms with Crippen molar-refractivity contribution in [3.8, 4) is 5.75 Å². The molecular weight excluding hydrogens is 443 g/mol. The van der Waals surface area contributed by atoms with Crippen molar-refractivity contribution in [2.45, 2.75) is 33.1 Å². The Hall–Kier alpha value is -1.51. The predicted molar refractivity (Wildman–Crippen MR) is 119 cm³/mol. The van der Waals surface area contributed by atoms with E-state index in [9.17, 15) is 4.79 Å². The first-order chi connectivity index (χ1) is 12.1. The number of nitrogens with zero attached hydrogens (tertiary/aromatic N) is 1. The molecule has 26 heavy (non-hydrogen) atoms. The van der Waals surface area contributed by atoms with Gasteiger partial charge in [-0.2, -0.15) is 0 Å². The summed E-state index contributed by atoms with van der Waals surface area (Å²) < 4.78 is 5.08. The van der Waals surface area contributed by atoms with Crippen LogP contribution in [0.2, 0.25) is 0 Å². The summed E-state index contributed by atoms with van der Waals surface area (Å²) >= 11 is 0. The summed E-state index contributed by atoms with van der Waals surface area (Å²) in [7, 11) is 3.35. The molecule has 0 unspecified atom stereocenters. The van der Waals surface area contributed by atoms with Crippen molar-refractivity contribution in [3.63, 3.8) is 0 Å². The summed E-state index contributed by atoms with van der Waals surface area (Å²) in [6, 6.07) is 7.05. The number of amides is 1. The molecule has 1 rings (SSSR count). The largest absolute Gasteiger partial charge is 0.497 e. The standard InChI is InChI=1S/C19H32N4O2.HI/c1-15(2)7-5-6-12-22-19(20-3)23-14-13-21-18(24)16-8-10-17(25-4)11-9-16;/h8-11,15H,5-7,12-14H2,1-4H3,(H,21,24)(H2,20,22,23);1H. The van der Waals surface area contributed by atoms with Crippen molar-refractivity contribution in [2.24, 2.45) is 10.9 Å². The first kappa shape index (κ1) is 24.5. The molecule has 0 saturated carbocycles. The Morgan fingerprint density at radius 2 is 1.65 bits per heavy atom. The zero-order chi connectivity index (χ0) is 18.5. The van der Waals surface area contributed by atoms with Crippen LogP contribution in [0.25, 0.3) is 0 Å². The topological polar surface area (TPSA) is 74.8 Å². The zero-order valence-corrected chi connectivity index (χ0v) is 18.6. The maximum absolute atomic E-state index is 12.0. The summed E-state index contributed by atoms with van der Waals surface area (Å²) in [5.41, 5.74) is 0.619. The van der Waals surface area contributed by atoms with Gasteiger partial charge in [0.15, 0.2) is 5.96 Å². The molecule has 3 N–H and O–H groups in total. The van der Waals surface area contributed by atoms with E-state index in [0.717, 1.165) is 30.6 Å². The van der Waals surface area contributed by atoms with Crippen LogP contribution in [-0.4, -0.2) is 45.7 Å². The fraction of sp³-hybridized carbons (Fsp3) is 0.579. The minimum absolute atomic E-state index is 0. The SMILES string of the molecule is CN=C(NCCCCC(C)C)NCCNC(=O)c1ccc(OC)cc1.I. The highest BCUT2D eigenvalue weighted by Crippen LogP contribution is 2.10. The van der Waals surface area contributed by atoms with E-state index in [0.29, 0.717) is 18.7 Å². The van der Waals surface area contributed by atoms with E-state index < -0.39 is 0 Å². The Morgan fingerprint density at radius 1 is 1.04 bits per heavy atom. The molecule has 148 valence electrons. The fourth-order valence-corrected chi connectivity index (χ4v) is 2.31. The number of rotatable bonds is 10. The molecule has 6 nitrogen and oxygen atoms in total. The van der Waals surface area contributed by atoms with Gasteiger partial charge < -0.3 is 20.7 Å². The third-order valence-electron chi connectivity index (χ3n) is 3.78. The van der Waals surface area contributed by atoms with E-state index in [1.807, 2.05) is 0 Å². The highest BCUT2D eigenvalue weighted by atomic mass is 127. The van der Waals surface area contributed by atoms with Gasteiger partial charge in [0.05, 0.1) is 7.11 Å². The van der Waals surface area contributed by atoms with Gasteiger partial charge in [0.1, 0.15) is 5.75 Å². The molecule has 1 amide bonds. The molecule has 1 aromatic carbocycles. The predicted octanol–water partition coefficient (Wildman–Crippen LogP) is 3.03. The number of carbonyl (C=O) groups is 1. The van der Waals surface area contributed by atoms with E-state index in [1.165, 1.54) is 12.8 Å². The van der Waals surface area contributed by atoms with Crippen LogP contribution in [0, 0.1) is 5.92 Å². The minimum atomic E-state index is -0.0962. The maximum atomic E-state index is 12.0. The van der Waals surface area contributed by atoms with Crippen LogP contribution < -0.4 is 20.7 Å². The Labute approximate surface area is 174 Å². The molecule has 0 radical (unpaired) electrons. The van der Waals surface area contributed by atoms with Crippen LogP contribution in [0.3, 0.4) is 0 Å². The van der Waals surface area contributed by atoms with Crippen molar-refractivity contribution in [1.29, 1.82) is 0 Å². The monoisotopic (exact) mass is 476 g/mol. The molecule has 0 aliphatic rings. The molecule has 0 saturated heterocycles. The summed E-state index contributed by atoms with van der Waals surface area (Å²) in [6.45, 7) is 6.54. The van der Waals surface area contributed by atoms with Gasteiger partial charge in [-0.15, -0.1) is 24.0 Å². The molecule has 0 fully saturated rings. The van der Waals surface area contributed by atoms with Crippen molar-refractivity contribution in [1.82, 2.24) is 16.0 Å². The number of nitrogens with one attached hydrogen (secondary N) is 3. The number of halogens is 1. The number of ether oxygens (including phenoxy) is 1. The lowest BCUT2D eigenvalue weighted by Gasteiger charge is -2.12. The van der Waals surface area contributed by atoms with E-state index in [1.54, 1.807) is 38.4 Å². The van der Waals surface area contributed by atoms with E-state index in [4.69, 9.17) is 4.74 Å². The van der Waals surface area contributed by atoms with E-state index in [2.05, 4.69) is 34.8 Å². The highest BCUT2D eigenvalue weighted by Gasteiger charge is 2.05. The van der Waals surface area contributed by atoms with Gasteiger partial charge in [0.25, 0.3) is 5.91 Å². The number of aliphatic imine (C=N–C) groups is 1. The number of unbranched alkanes of at least 4 members (excludes halogenated alkanes) is 1. The minimum Gasteiger partial charge on any atom is -0.497 e. The fourth-order valence-electron chi connectivity index (χ4n) is 2.31. The lowest BCUT2D eigenvalue weighted by molar-refractivity contribution is 0.0954. The Bertz CT molecular complexity index is 533. The van der Waals surface area contributed by atoms with Gasteiger partial charge in [-0.3, -0.25) is 9.79 Å². The van der Waals surface area contributed by atoms with Crippen LogP contribution in [0.1, 0.15) is 43.5 Å². The average molecular weight is 476 g/mol. The number of carbonyl (C=O) groups excluding carboxylic acids is 1. The quantitative estimate of drug-likeness (QED) is 0.210. The number of methoxy groups -OCH3 is 1. The molecule has 0 aliphatic heterocycles. The number of hydrogen-bond donors (Lipinski definition) is 3. The Balaban J connectivity index is 0.00000625. The van der Waals surface area contributed by atoms with Crippen molar-refractivity contribution < 1.29 is 9.53 Å². The number of guanidine groups is 1. The zero-order valence-electron chi connectivity index (χ0n) is 16.3. The van der Waals surface area contributed by atoms with Gasteiger partial charge >= 0.3 is 0 Å². The van der Waals surface area contributed by atoms with Gasteiger partial charge in [-0.25, -0.2) is 0 Å². The molecule has 0 bridgehead atoms. The normalized spacial score (nSPS) is 10.9. The van der Waals surface area contributed by atoms with E-state index in [-0.39, 0.29) is 29.9 Å². The molecule has 0 atom stereocenters. The molecule has 0 aromatic heterocycles. The smallest absolute Gasteiger partial charge is 0.251 e. The van der Waals surface area contributed by atoms with Gasteiger partial charge in [0, 0.05) is 32.2 Å². The molecule has 0 heterocycles. The van der Waals surface area contributed by atoms with Crippen molar-refractivity contribution in [2.75, 3.05) is 33.8 Å². The molecule has 0 spiro atoms. The first-order valence-electron chi connectivity index (χ1n) is 8.93. The molecule has 0 aliphatic carbocycles. The summed E-state index contributed by atoms with van der Waals surface area (Å²) in [5.74, 6) is 2.16. The molecular formula is C19H33IN4O2. The van der Waals surface area contributed by atoms with Gasteiger partial charge in [-0.1, -0.05) is 26.7 Å². The van der Waals surface area contributed by atoms with Crippen LogP contribution in [0.15, 0.2) is 29.3 Å². The van der Waals surface area contributed by atoms with Crippen LogP contribution in [-0.2, 0) is 0 Å². The highest BCUT2D eigenvalue weighted by molar-refractivity contribution is 14.0. The molecule has 7 heteroatoms. The van der Waals surface area contributed by atoms with Crippen LogP contribution in [0.5, 0.6) is 5.75 Å². The number of hydrogen-bond acceptors (Lipinski definition) is 3. The Morgan fingerprint density at radius 3 is 2.23 bits per heavy atom. The number of benzene rings is 1. The van der Waals surface area contributed by atoms with Gasteiger partial charge in [0.2, 0.25) is 0 Å². The maximum Gasteiger partial charge on any atom is 0.251 e. The lowest BCUT2D eigenvalue weighted by atomic mass is 10.1. The van der Waals surface area contributed by atoms with Crippen molar-refractivity contribution in [3.05, 3.63) is 29.8 Å². The van der Waals surface area contributed by atoms with E-state index >= 15 is 0 Å². The second-order valence-electron chi connectivity index (χ2n) is 6.30. The summed E-state index contributed by atoms with van der Waals surface area (Å²) in [6.07, 6.45) is 3.61. The first-order valence-corrected chi connectivity index (χ1v) is 8.93. The van der Waals surface area contributed by atoms with Gasteiger partial charge in [-0.05, 0) is 36.6 Å². The third kappa shape index (κ3) is 10.5. The third-order valence-corrected chi connectivity index (χ3v) is 3.78. The second-order valence-corrected chi connectivity index (χ2v) is 6.30. The van der Waals surface area contributed by atoms with Crippen molar-refractivity contribution >= 4 is 35.8 Å². The summed E-state index contributed by atoms with van der Waals surface area (Å²) in [4.78, 5) is 16.2. The summed E-state index contributed by atoms with van der Waals surface area (Å²) in [5, 5.41) is 9.37.